The zero-order valence-electron chi connectivity index (χ0n) is 28.8. The monoisotopic (exact) mass is 716 g/mol. The van der Waals surface area contributed by atoms with Crippen LogP contribution in [0.1, 0.15) is 37.7 Å². The Morgan fingerprint density at radius 3 is 1.62 bits per heavy atom. The Hall–Kier alpha value is -6.20. The average molecular weight is 717 g/mol. The van der Waals surface area contributed by atoms with Gasteiger partial charge in [0.15, 0.2) is 0 Å². The third kappa shape index (κ3) is 5.98. The lowest BCUT2D eigenvalue weighted by atomic mass is 10.0. The molecule has 0 atom stereocenters. The molecule has 0 spiro atoms. The number of thiazole rings is 2. The van der Waals surface area contributed by atoms with Crippen LogP contribution < -0.4 is 20.2 Å². The van der Waals surface area contributed by atoms with Crippen LogP contribution in [0.15, 0.2) is 97.1 Å². The molecule has 0 amide bonds. The maximum absolute atomic E-state index is 10.9. The van der Waals surface area contributed by atoms with Crippen molar-refractivity contribution in [2.24, 2.45) is 0 Å². The normalized spacial score (nSPS) is 12.8. The Morgan fingerprint density at radius 2 is 1.13 bits per heavy atom. The SMILES string of the molecule is [C-]#[N+]/C(c1nc2ccccc2s1)=c1/[nH]c(-c2ccc(OC(C)C)cc2)c2/c(=C(\C#N)c3nc4ccccc4s3)[nH]c(-c3ccc(OC(C)C)cc3)c12. The van der Waals surface area contributed by atoms with Crippen molar-refractivity contribution in [1.29, 1.82) is 5.26 Å². The van der Waals surface area contributed by atoms with Crippen molar-refractivity contribution in [2.75, 3.05) is 0 Å². The van der Waals surface area contributed by atoms with Gasteiger partial charge in [-0.1, -0.05) is 24.3 Å². The number of nitrogens with zero attached hydrogens (tertiary/aromatic N) is 4. The molecule has 52 heavy (non-hydrogen) atoms. The second-order valence-corrected chi connectivity index (χ2v) is 14.9. The first-order valence-corrected chi connectivity index (χ1v) is 18.5. The summed E-state index contributed by atoms with van der Waals surface area (Å²) in [5, 5.41) is 14.9. The van der Waals surface area contributed by atoms with Crippen molar-refractivity contribution in [3.63, 3.8) is 0 Å². The Bertz CT molecular complexity index is 2560. The van der Waals surface area contributed by atoms with E-state index in [-0.39, 0.29) is 12.2 Å². The number of para-hydroxylation sites is 2. The first-order valence-electron chi connectivity index (χ1n) is 16.9. The summed E-state index contributed by atoms with van der Waals surface area (Å²) < 4.78 is 13.9. The van der Waals surface area contributed by atoms with Crippen molar-refractivity contribution in [2.45, 2.75) is 39.9 Å². The molecule has 2 N–H and O–H groups in total. The van der Waals surface area contributed by atoms with E-state index in [1.54, 1.807) is 0 Å². The van der Waals surface area contributed by atoms with Gasteiger partial charge in [0.25, 0.3) is 0 Å². The maximum Gasteiger partial charge on any atom is 0.245 e. The minimum Gasteiger partial charge on any atom is -0.491 e. The van der Waals surface area contributed by atoms with E-state index in [0.717, 1.165) is 65.2 Å². The summed E-state index contributed by atoms with van der Waals surface area (Å²) in [6, 6.07) is 34.1. The Balaban J connectivity index is 1.51. The fraction of sp³-hybridized carbons (Fsp3) is 0.143. The average Bonchev–Trinajstić information content (AvgIpc) is 3.93. The van der Waals surface area contributed by atoms with Crippen molar-refractivity contribution < 1.29 is 9.47 Å². The van der Waals surface area contributed by atoms with Crippen LogP contribution in [0.5, 0.6) is 11.5 Å². The van der Waals surface area contributed by atoms with Gasteiger partial charge < -0.3 is 19.4 Å². The van der Waals surface area contributed by atoms with Crippen molar-refractivity contribution in [3.8, 4) is 40.1 Å². The standard InChI is InChI=1S/C42H32N6O2S2/c1-23(2)49-27-18-14-25(15-19-27)36-34-35(39(48-36)40(44-5)42-46-31-11-7-9-13-33(31)52-42)37(26-16-20-28(21-17-26)50-24(3)4)47-38(34)29(22-43)41-45-30-10-6-8-12-32(30)51-41/h6-21,23-24,47-48H,1-4H3/b38-29-,40-39+. The van der Waals surface area contributed by atoms with Crippen LogP contribution in [0.3, 0.4) is 0 Å². The molecule has 0 unspecified atom stereocenters. The predicted molar refractivity (Wildman–Crippen MR) is 211 cm³/mol. The molecule has 4 aromatic carbocycles. The molecule has 0 saturated carbocycles. The van der Waals surface area contributed by atoms with E-state index in [2.05, 4.69) is 20.9 Å². The lowest BCUT2D eigenvalue weighted by Gasteiger charge is -2.10. The van der Waals surface area contributed by atoms with Gasteiger partial charge in [-0.3, -0.25) is 0 Å². The summed E-state index contributed by atoms with van der Waals surface area (Å²) in [4.78, 5) is 21.3. The predicted octanol–water partition coefficient (Wildman–Crippen LogP) is 9.42. The molecule has 0 saturated heterocycles. The van der Waals surface area contributed by atoms with E-state index < -0.39 is 0 Å². The fourth-order valence-electron chi connectivity index (χ4n) is 6.37. The van der Waals surface area contributed by atoms with Gasteiger partial charge in [0.1, 0.15) is 33.2 Å². The number of aromatic nitrogens is 4. The highest BCUT2D eigenvalue weighted by atomic mass is 32.1. The van der Waals surface area contributed by atoms with Gasteiger partial charge in [0.05, 0.1) is 61.3 Å². The minimum atomic E-state index is 0.0250. The fourth-order valence-corrected chi connectivity index (χ4v) is 8.30. The Morgan fingerprint density at radius 1 is 0.673 bits per heavy atom. The van der Waals surface area contributed by atoms with Crippen molar-refractivity contribution in [3.05, 3.63) is 129 Å². The van der Waals surface area contributed by atoms with Crippen molar-refractivity contribution in [1.82, 2.24) is 19.9 Å². The molecule has 0 aliphatic heterocycles. The van der Waals surface area contributed by atoms with Gasteiger partial charge in [-0.15, -0.1) is 22.7 Å². The minimum absolute atomic E-state index is 0.0250. The van der Waals surface area contributed by atoms with Crippen LogP contribution in [0.25, 0.3) is 69.8 Å². The lowest BCUT2D eigenvalue weighted by Crippen LogP contribution is -2.10. The van der Waals surface area contributed by atoms with Crippen LogP contribution in [0.2, 0.25) is 0 Å². The molecule has 0 fully saturated rings. The summed E-state index contributed by atoms with van der Waals surface area (Å²) in [6.07, 6.45) is 0.0501. The third-order valence-corrected chi connectivity index (χ3v) is 10.6. The van der Waals surface area contributed by atoms with Gasteiger partial charge >= 0.3 is 0 Å². The van der Waals surface area contributed by atoms with E-state index >= 15 is 0 Å². The molecule has 8 aromatic rings. The number of rotatable bonds is 8. The Labute approximate surface area is 307 Å². The number of H-pyrrole nitrogens is 2. The van der Waals surface area contributed by atoms with Crippen LogP contribution in [0.4, 0.5) is 0 Å². The molecule has 4 heterocycles. The number of hydrogen-bond donors (Lipinski definition) is 2. The number of hydrogen-bond acceptors (Lipinski definition) is 7. The zero-order valence-corrected chi connectivity index (χ0v) is 30.4. The number of fused-ring (bicyclic) bond motifs is 3. The highest BCUT2D eigenvalue weighted by Gasteiger charge is 2.24. The van der Waals surface area contributed by atoms with E-state index in [1.165, 1.54) is 22.7 Å². The van der Waals surface area contributed by atoms with Crippen LogP contribution in [-0.4, -0.2) is 32.1 Å². The topological polar surface area (TPSA) is 104 Å². The van der Waals surface area contributed by atoms with Crippen molar-refractivity contribution >= 4 is 65.1 Å². The summed E-state index contributed by atoms with van der Waals surface area (Å²) in [5.74, 6) is 1.50. The summed E-state index contributed by atoms with van der Waals surface area (Å²) >= 11 is 2.96. The molecule has 0 aliphatic rings. The number of aromatic amines is 2. The summed E-state index contributed by atoms with van der Waals surface area (Å²) in [5.41, 5.74) is 5.72. The second kappa shape index (κ2) is 13.5. The van der Waals surface area contributed by atoms with Crippen LogP contribution in [-0.2, 0) is 0 Å². The van der Waals surface area contributed by atoms with Gasteiger partial charge in [-0.05, 0) is 112 Å². The first kappa shape index (κ1) is 33.0. The van der Waals surface area contributed by atoms with E-state index in [4.69, 9.17) is 26.0 Å². The molecule has 254 valence electrons. The van der Waals surface area contributed by atoms with Gasteiger partial charge in [0, 0.05) is 10.8 Å². The zero-order chi connectivity index (χ0) is 35.9. The van der Waals surface area contributed by atoms with E-state index in [0.29, 0.717) is 32.0 Å². The summed E-state index contributed by atoms with van der Waals surface area (Å²) in [7, 11) is 0. The Kier molecular flexibility index (Phi) is 8.56. The van der Waals surface area contributed by atoms with Gasteiger partial charge in [-0.25, -0.2) is 14.8 Å². The molecule has 8 nitrogen and oxygen atoms in total. The molecule has 0 bridgehead atoms. The number of nitriles is 1. The lowest BCUT2D eigenvalue weighted by molar-refractivity contribution is 0.242. The van der Waals surface area contributed by atoms with Crippen LogP contribution in [0, 0.1) is 17.9 Å². The highest BCUT2D eigenvalue weighted by Crippen LogP contribution is 2.35. The second-order valence-electron chi connectivity index (χ2n) is 12.8. The molecular weight excluding hydrogens is 685 g/mol. The van der Waals surface area contributed by atoms with E-state index in [1.807, 2.05) is 125 Å². The maximum atomic E-state index is 10.9. The number of nitrogens with one attached hydrogen (secondary N) is 2. The quantitative estimate of drug-likeness (QED) is 0.153. The molecular formula is C42H32N6O2S2. The largest absolute Gasteiger partial charge is 0.491 e. The molecule has 4 aromatic heterocycles. The molecule has 10 heteroatoms. The number of ether oxygens (including phenoxy) is 2. The van der Waals surface area contributed by atoms with E-state index in [9.17, 15) is 5.26 Å². The van der Waals surface area contributed by atoms with Crippen LogP contribution >= 0.6 is 22.7 Å². The summed E-state index contributed by atoms with van der Waals surface area (Å²) in [6.45, 7) is 16.5. The van der Waals surface area contributed by atoms with Gasteiger partial charge in [-0.2, -0.15) is 5.26 Å². The van der Waals surface area contributed by atoms with Gasteiger partial charge in [0.2, 0.25) is 5.70 Å². The smallest absolute Gasteiger partial charge is 0.245 e. The molecule has 0 aliphatic carbocycles. The molecule has 0 radical (unpaired) electrons. The first-order chi connectivity index (χ1) is 25.3. The third-order valence-electron chi connectivity index (χ3n) is 8.49. The number of benzene rings is 4. The highest BCUT2D eigenvalue weighted by molar-refractivity contribution is 7.20. The molecule has 8 rings (SSSR count).